The zero-order valence-electron chi connectivity index (χ0n) is 13.0. The minimum absolute atomic E-state index is 0.0957. The van der Waals surface area contributed by atoms with E-state index in [1.165, 1.54) is 44.5 Å². The molecule has 0 saturated heterocycles. The second-order valence-corrected chi connectivity index (χ2v) is 7.06. The quantitative estimate of drug-likeness (QED) is 0.396. The lowest BCUT2D eigenvalue weighted by atomic mass is 9.81. The van der Waals surface area contributed by atoms with E-state index < -0.39 is 0 Å². The van der Waals surface area contributed by atoms with Crippen LogP contribution in [0.1, 0.15) is 36.1 Å². The Morgan fingerprint density at radius 3 is 2.23 bits per heavy atom. The average Bonchev–Trinajstić information content (AvgIpc) is 3.00. The summed E-state index contributed by atoms with van der Waals surface area (Å²) >= 11 is 0. The first-order valence-corrected chi connectivity index (χ1v) is 8.02. The van der Waals surface area contributed by atoms with Crippen molar-refractivity contribution in [2.24, 2.45) is 0 Å². The molecular formula is C22H18. The topological polar surface area (TPSA) is 0 Å². The molecule has 0 saturated carbocycles. The molecule has 106 valence electrons. The van der Waals surface area contributed by atoms with Crippen LogP contribution in [0.2, 0.25) is 0 Å². The molecule has 0 heteroatoms. The number of benzene rings is 3. The summed E-state index contributed by atoms with van der Waals surface area (Å²) in [7, 11) is 0. The summed E-state index contributed by atoms with van der Waals surface area (Å²) in [6, 6.07) is 22.6. The molecule has 0 radical (unpaired) electrons. The molecule has 0 N–H and O–H groups in total. The molecule has 2 aliphatic carbocycles. The molecule has 0 fully saturated rings. The Kier molecular flexibility index (Phi) is 2.16. The first kappa shape index (κ1) is 12.2. The maximum Gasteiger partial charge on any atom is 0.0159 e. The van der Waals surface area contributed by atoms with Gasteiger partial charge in [0, 0.05) is 5.41 Å². The third-order valence-corrected chi connectivity index (χ3v) is 5.50. The van der Waals surface area contributed by atoms with Crippen molar-refractivity contribution in [3.8, 4) is 22.3 Å². The monoisotopic (exact) mass is 282 g/mol. The molecular weight excluding hydrogens is 264 g/mol. The fourth-order valence-corrected chi connectivity index (χ4v) is 4.33. The number of rotatable bonds is 0. The van der Waals surface area contributed by atoms with Crippen LogP contribution in [0.15, 0.2) is 60.7 Å². The highest BCUT2D eigenvalue weighted by molar-refractivity contribution is 5.87. The molecule has 0 unspecified atom stereocenters. The Bertz CT molecular complexity index is 929. The van der Waals surface area contributed by atoms with E-state index in [1.54, 1.807) is 0 Å². The van der Waals surface area contributed by atoms with Gasteiger partial charge in [-0.1, -0.05) is 62.4 Å². The molecule has 0 aromatic heterocycles. The normalized spacial score (nSPS) is 15.9. The first-order chi connectivity index (χ1) is 10.7. The summed E-state index contributed by atoms with van der Waals surface area (Å²) < 4.78 is 0. The van der Waals surface area contributed by atoms with Crippen molar-refractivity contribution >= 4 is 0 Å². The molecule has 3 aromatic carbocycles. The van der Waals surface area contributed by atoms with Crippen LogP contribution in [-0.2, 0) is 11.8 Å². The third-order valence-electron chi connectivity index (χ3n) is 5.50. The van der Waals surface area contributed by atoms with Crippen LogP contribution in [0.25, 0.3) is 22.3 Å². The second kappa shape index (κ2) is 3.89. The van der Waals surface area contributed by atoms with Gasteiger partial charge in [-0.25, -0.2) is 0 Å². The van der Waals surface area contributed by atoms with Gasteiger partial charge in [-0.05, 0) is 63.1 Å². The van der Waals surface area contributed by atoms with Gasteiger partial charge in [0.2, 0.25) is 0 Å². The van der Waals surface area contributed by atoms with Gasteiger partial charge < -0.3 is 0 Å². The molecule has 0 spiro atoms. The van der Waals surface area contributed by atoms with Gasteiger partial charge in [0.15, 0.2) is 0 Å². The lowest BCUT2D eigenvalue weighted by Crippen LogP contribution is -2.14. The first-order valence-electron chi connectivity index (χ1n) is 8.02. The Labute approximate surface area is 131 Å². The summed E-state index contributed by atoms with van der Waals surface area (Å²) in [6.45, 7) is 4.70. The number of hydrogen-bond acceptors (Lipinski definition) is 0. The molecule has 0 aliphatic heterocycles. The van der Waals surface area contributed by atoms with Crippen molar-refractivity contribution < 1.29 is 0 Å². The van der Waals surface area contributed by atoms with Crippen LogP contribution in [0, 0.1) is 0 Å². The number of fused-ring (bicyclic) bond motifs is 6. The van der Waals surface area contributed by atoms with E-state index in [-0.39, 0.29) is 5.41 Å². The highest BCUT2D eigenvalue weighted by Crippen LogP contribution is 2.51. The lowest BCUT2D eigenvalue weighted by Gasteiger charge is -2.22. The molecule has 0 atom stereocenters. The maximum absolute atomic E-state index is 2.45. The van der Waals surface area contributed by atoms with E-state index in [0.717, 1.165) is 6.42 Å². The fourth-order valence-electron chi connectivity index (χ4n) is 4.33. The molecule has 2 aliphatic rings. The Morgan fingerprint density at radius 2 is 1.36 bits per heavy atom. The molecule has 0 amide bonds. The Balaban J connectivity index is 1.82. The maximum atomic E-state index is 2.45. The van der Waals surface area contributed by atoms with Crippen molar-refractivity contribution in [2.45, 2.75) is 25.7 Å². The summed E-state index contributed by atoms with van der Waals surface area (Å²) in [4.78, 5) is 0. The Morgan fingerprint density at radius 1 is 0.636 bits per heavy atom. The van der Waals surface area contributed by atoms with Gasteiger partial charge in [0.25, 0.3) is 0 Å². The van der Waals surface area contributed by atoms with Gasteiger partial charge in [0.05, 0.1) is 0 Å². The largest absolute Gasteiger partial charge is 0.0619 e. The summed E-state index contributed by atoms with van der Waals surface area (Å²) in [5.74, 6) is 0. The van der Waals surface area contributed by atoms with E-state index in [2.05, 4.69) is 74.5 Å². The van der Waals surface area contributed by atoms with E-state index in [4.69, 9.17) is 0 Å². The number of hydrogen-bond donors (Lipinski definition) is 0. The van der Waals surface area contributed by atoms with Crippen LogP contribution in [0.5, 0.6) is 0 Å². The molecule has 0 heterocycles. The van der Waals surface area contributed by atoms with E-state index >= 15 is 0 Å². The lowest BCUT2D eigenvalue weighted by molar-refractivity contribution is 0.660. The highest BCUT2D eigenvalue weighted by Gasteiger charge is 2.36. The van der Waals surface area contributed by atoms with Crippen LogP contribution in [0.4, 0.5) is 0 Å². The van der Waals surface area contributed by atoms with Gasteiger partial charge in [-0.15, -0.1) is 0 Å². The zero-order valence-corrected chi connectivity index (χ0v) is 13.0. The van der Waals surface area contributed by atoms with E-state index in [9.17, 15) is 0 Å². The molecule has 3 aromatic rings. The van der Waals surface area contributed by atoms with E-state index in [1.807, 2.05) is 0 Å². The standard InChI is InChI=1S/C22H18/c1-22(2)20-10-6-5-9-17(20)19-12-15-11-14-7-3-4-8-16(14)18(15)13-21(19)22/h3-10,12-13H,11H2,1-2H3. The highest BCUT2D eigenvalue weighted by atomic mass is 14.4. The molecule has 22 heavy (non-hydrogen) atoms. The van der Waals surface area contributed by atoms with Crippen LogP contribution >= 0.6 is 0 Å². The fraction of sp³-hybridized carbons (Fsp3) is 0.182. The second-order valence-electron chi connectivity index (χ2n) is 7.06. The Hall–Kier alpha value is -2.34. The average molecular weight is 282 g/mol. The predicted molar refractivity (Wildman–Crippen MR) is 92.2 cm³/mol. The molecule has 5 rings (SSSR count). The van der Waals surface area contributed by atoms with E-state index in [0.29, 0.717) is 0 Å². The zero-order chi connectivity index (χ0) is 14.9. The van der Waals surface area contributed by atoms with Crippen molar-refractivity contribution in [3.05, 3.63) is 82.9 Å². The van der Waals surface area contributed by atoms with Crippen LogP contribution < -0.4 is 0 Å². The van der Waals surface area contributed by atoms with Crippen molar-refractivity contribution in [2.75, 3.05) is 0 Å². The van der Waals surface area contributed by atoms with Crippen LogP contribution in [0.3, 0.4) is 0 Å². The molecule has 0 nitrogen and oxygen atoms in total. The summed E-state index contributed by atoms with van der Waals surface area (Å²) in [6.07, 6.45) is 1.07. The molecule has 0 bridgehead atoms. The summed E-state index contributed by atoms with van der Waals surface area (Å²) in [5, 5.41) is 0. The summed E-state index contributed by atoms with van der Waals surface area (Å²) in [5.41, 5.74) is 11.7. The van der Waals surface area contributed by atoms with Gasteiger partial charge in [-0.3, -0.25) is 0 Å². The SMILES string of the molecule is CC1(C)c2ccccc2-c2cc3c(cc21)-c1ccccc1C3. The van der Waals surface area contributed by atoms with Gasteiger partial charge in [-0.2, -0.15) is 0 Å². The van der Waals surface area contributed by atoms with Crippen molar-refractivity contribution in [3.63, 3.8) is 0 Å². The minimum atomic E-state index is 0.0957. The smallest absolute Gasteiger partial charge is 0.0159 e. The van der Waals surface area contributed by atoms with Crippen LogP contribution in [-0.4, -0.2) is 0 Å². The minimum Gasteiger partial charge on any atom is -0.0619 e. The van der Waals surface area contributed by atoms with Gasteiger partial charge >= 0.3 is 0 Å². The predicted octanol–water partition coefficient (Wildman–Crippen LogP) is 5.56. The van der Waals surface area contributed by atoms with Crippen molar-refractivity contribution in [1.82, 2.24) is 0 Å². The van der Waals surface area contributed by atoms with Gasteiger partial charge in [0.1, 0.15) is 0 Å². The third kappa shape index (κ3) is 1.38. The van der Waals surface area contributed by atoms with Crippen molar-refractivity contribution in [1.29, 1.82) is 0 Å².